The summed E-state index contributed by atoms with van der Waals surface area (Å²) in [4.78, 5) is 25.4. The van der Waals surface area contributed by atoms with Crippen molar-refractivity contribution in [1.29, 1.82) is 0 Å². The SMILES string of the molecule is COC(=O)C1=C(C)NC(C)=C(C(=O)OC2CCC2)C1c1c(F)ccc(F)c1C(F)(F)F. The maximum atomic E-state index is 14.9. The first-order valence-electron chi connectivity index (χ1n) is 9.50. The van der Waals surface area contributed by atoms with Crippen LogP contribution in [0.5, 0.6) is 0 Å². The Morgan fingerprint density at radius 2 is 1.55 bits per heavy atom. The highest BCUT2D eigenvalue weighted by Gasteiger charge is 2.46. The van der Waals surface area contributed by atoms with Crippen molar-refractivity contribution >= 4 is 11.9 Å². The van der Waals surface area contributed by atoms with E-state index in [9.17, 15) is 31.5 Å². The molecule has 0 bridgehead atoms. The topological polar surface area (TPSA) is 64.6 Å². The number of hydrogen-bond donors (Lipinski definition) is 1. The monoisotopic (exact) mass is 445 g/mol. The Labute approximate surface area is 174 Å². The van der Waals surface area contributed by atoms with Gasteiger partial charge < -0.3 is 14.8 Å². The average Bonchev–Trinajstić information content (AvgIpc) is 2.64. The van der Waals surface area contributed by atoms with Crippen molar-refractivity contribution in [2.75, 3.05) is 7.11 Å². The second kappa shape index (κ2) is 8.32. The summed E-state index contributed by atoms with van der Waals surface area (Å²) < 4.78 is 80.5. The lowest BCUT2D eigenvalue weighted by Crippen LogP contribution is -2.36. The van der Waals surface area contributed by atoms with E-state index in [1.54, 1.807) is 0 Å². The second-order valence-electron chi connectivity index (χ2n) is 7.40. The Kier molecular flexibility index (Phi) is 6.11. The Bertz CT molecular complexity index is 992. The molecule has 31 heavy (non-hydrogen) atoms. The van der Waals surface area contributed by atoms with Crippen LogP contribution in [0, 0.1) is 11.6 Å². The van der Waals surface area contributed by atoms with Gasteiger partial charge in [-0.15, -0.1) is 0 Å². The standard InChI is InChI=1S/C21H20F5NO4/c1-9-14(19(28)30-3)17(15(10(2)27-9)20(29)31-11-5-4-6-11)16-12(22)7-8-13(23)18(16)21(24,25)26/h7-8,11,17,27H,4-6H2,1-3H3. The van der Waals surface area contributed by atoms with Gasteiger partial charge in [-0.25, -0.2) is 18.4 Å². The number of alkyl halides is 3. The van der Waals surface area contributed by atoms with Gasteiger partial charge >= 0.3 is 18.1 Å². The predicted octanol–water partition coefficient (Wildman–Crippen LogP) is 4.49. The molecule has 1 aromatic carbocycles. The van der Waals surface area contributed by atoms with Crippen LogP contribution in [0.1, 0.15) is 50.2 Å². The highest BCUT2D eigenvalue weighted by atomic mass is 19.4. The number of methoxy groups -OCH3 is 1. The zero-order chi connectivity index (χ0) is 23.1. The molecule has 1 aliphatic carbocycles. The molecule has 1 heterocycles. The molecule has 2 aliphatic rings. The minimum absolute atomic E-state index is 0.0475. The van der Waals surface area contributed by atoms with Crippen LogP contribution in [0.15, 0.2) is 34.7 Å². The van der Waals surface area contributed by atoms with Crippen LogP contribution in [0.4, 0.5) is 22.0 Å². The fraction of sp³-hybridized carbons (Fsp3) is 0.429. The minimum Gasteiger partial charge on any atom is -0.466 e. The van der Waals surface area contributed by atoms with E-state index >= 15 is 0 Å². The first-order chi connectivity index (χ1) is 14.5. The molecule has 0 aromatic heterocycles. The molecule has 168 valence electrons. The number of ether oxygens (including phenoxy) is 2. The summed E-state index contributed by atoms with van der Waals surface area (Å²) in [6, 6.07) is 0.871. The lowest BCUT2D eigenvalue weighted by molar-refractivity contribution is -0.149. The molecular formula is C21H20F5NO4. The number of rotatable bonds is 4. The predicted molar refractivity (Wildman–Crippen MR) is 98.4 cm³/mol. The molecule has 10 heteroatoms. The fourth-order valence-electron chi connectivity index (χ4n) is 3.78. The molecule has 0 spiro atoms. The van der Waals surface area contributed by atoms with Crippen LogP contribution < -0.4 is 5.32 Å². The molecule has 1 aromatic rings. The lowest BCUT2D eigenvalue weighted by Gasteiger charge is -2.33. The molecule has 1 saturated carbocycles. The van der Waals surface area contributed by atoms with Crippen LogP contribution in [0.2, 0.25) is 0 Å². The van der Waals surface area contributed by atoms with Crippen LogP contribution in [0.3, 0.4) is 0 Å². The highest BCUT2D eigenvalue weighted by Crippen LogP contribution is 2.46. The van der Waals surface area contributed by atoms with Crippen molar-refractivity contribution in [3.8, 4) is 0 Å². The Morgan fingerprint density at radius 3 is 2.03 bits per heavy atom. The highest BCUT2D eigenvalue weighted by molar-refractivity contribution is 6.00. The third kappa shape index (κ3) is 4.15. The third-order valence-electron chi connectivity index (χ3n) is 5.43. The van der Waals surface area contributed by atoms with Crippen LogP contribution in [-0.2, 0) is 25.2 Å². The van der Waals surface area contributed by atoms with Gasteiger partial charge in [0, 0.05) is 17.0 Å². The number of dihydropyridines is 1. The van der Waals surface area contributed by atoms with E-state index in [2.05, 4.69) is 10.1 Å². The van der Waals surface area contributed by atoms with Crippen molar-refractivity contribution < 1.29 is 41.0 Å². The van der Waals surface area contributed by atoms with Gasteiger partial charge in [0.1, 0.15) is 17.7 Å². The summed E-state index contributed by atoms with van der Waals surface area (Å²) in [5.74, 6) is -7.13. The van der Waals surface area contributed by atoms with E-state index in [0.717, 1.165) is 13.5 Å². The number of esters is 2. The Balaban J connectivity index is 2.29. The van der Waals surface area contributed by atoms with E-state index in [1.165, 1.54) is 13.8 Å². The summed E-state index contributed by atoms with van der Waals surface area (Å²) in [7, 11) is 0.990. The van der Waals surface area contributed by atoms with Crippen molar-refractivity contribution in [2.24, 2.45) is 0 Å². The van der Waals surface area contributed by atoms with Crippen LogP contribution in [-0.4, -0.2) is 25.2 Å². The molecule has 0 saturated heterocycles. The van der Waals surface area contributed by atoms with Gasteiger partial charge in [-0.3, -0.25) is 0 Å². The second-order valence-corrected chi connectivity index (χ2v) is 7.40. The minimum atomic E-state index is -5.29. The number of carbonyl (C=O) groups excluding carboxylic acids is 2. The Hall–Kier alpha value is -2.91. The molecule has 1 N–H and O–H groups in total. The van der Waals surface area contributed by atoms with Gasteiger partial charge in [-0.2, -0.15) is 13.2 Å². The number of allylic oxidation sites excluding steroid dienone is 2. The Morgan fingerprint density at radius 1 is 1.00 bits per heavy atom. The van der Waals surface area contributed by atoms with E-state index in [-0.39, 0.29) is 11.4 Å². The van der Waals surface area contributed by atoms with Crippen molar-refractivity contribution in [1.82, 2.24) is 5.32 Å². The molecular weight excluding hydrogens is 425 g/mol. The smallest absolute Gasteiger partial charge is 0.419 e. The van der Waals surface area contributed by atoms with Gasteiger partial charge in [-0.1, -0.05) is 0 Å². The van der Waals surface area contributed by atoms with Crippen molar-refractivity contribution in [3.05, 3.63) is 57.4 Å². The van der Waals surface area contributed by atoms with E-state index in [4.69, 9.17) is 4.74 Å². The maximum absolute atomic E-state index is 14.9. The van der Waals surface area contributed by atoms with Gasteiger partial charge in [-0.05, 0) is 45.2 Å². The molecule has 1 unspecified atom stereocenters. The number of nitrogens with one attached hydrogen (secondary N) is 1. The normalized spacial score (nSPS) is 19.7. The molecule has 0 amide bonds. The summed E-state index contributed by atoms with van der Waals surface area (Å²) in [5, 5.41) is 2.74. The van der Waals surface area contributed by atoms with Crippen molar-refractivity contribution in [2.45, 2.75) is 51.3 Å². The van der Waals surface area contributed by atoms with Crippen LogP contribution >= 0.6 is 0 Å². The van der Waals surface area contributed by atoms with Gasteiger partial charge in [0.15, 0.2) is 0 Å². The number of halogens is 5. The fourth-order valence-corrected chi connectivity index (χ4v) is 3.78. The number of carbonyl (C=O) groups is 2. The average molecular weight is 445 g/mol. The zero-order valence-electron chi connectivity index (χ0n) is 17.0. The summed E-state index contributed by atoms with van der Waals surface area (Å²) in [5.41, 5.74) is -3.80. The number of hydrogen-bond acceptors (Lipinski definition) is 5. The molecule has 1 fully saturated rings. The number of benzene rings is 1. The first-order valence-corrected chi connectivity index (χ1v) is 9.50. The molecule has 0 radical (unpaired) electrons. The molecule has 5 nitrogen and oxygen atoms in total. The van der Waals surface area contributed by atoms with Gasteiger partial charge in [0.25, 0.3) is 0 Å². The maximum Gasteiger partial charge on any atom is 0.419 e. The zero-order valence-corrected chi connectivity index (χ0v) is 17.0. The summed E-state index contributed by atoms with van der Waals surface area (Å²) in [6.45, 7) is 2.74. The first kappa shape index (κ1) is 22.8. The molecule has 3 rings (SSSR count). The van der Waals surface area contributed by atoms with E-state index in [1.807, 2.05) is 0 Å². The molecule has 1 aliphatic heterocycles. The van der Waals surface area contributed by atoms with Crippen LogP contribution in [0.25, 0.3) is 0 Å². The summed E-state index contributed by atoms with van der Waals surface area (Å²) >= 11 is 0. The quantitative estimate of drug-likeness (QED) is 0.547. The van der Waals surface area contributed by atoms with E-state index < -0.39 is 64.0 Å². The third-order valence-corrected chi connectivity index (χ3v) is 5.43. The molecule has 1 atom stereocenters. The van der Waals surface area contributed by atoms with Gasteiger partial charge in [0.05, 0.1) is 29.7 Å². The largest absolute Gasteiger partial charge is 0.466 e. The summed E-state index contributed by atoms with van der Waals surface area (Å²) in [6.07, 6.45) is -3.74. The van der Waals surface area contributed by atoms with Gasteiger partial charge in [0.2, 0.25) is 0 Å². The van der Waals surface area contributed by atoms with E-state index in [0.29, 0.717) is 25.0 Å². The lowest BCUT2D eigenvalue weighted by atomic mass is 9.78. The van der Waals surface area contributed by atoms with Crippen molar-refractivity contribution in [3.63, 3.8) is 0 Å².